The number of fused-ring (bicyclic) bond motifs is 1. The maximum absolute atomic E-state index is 13.8. The molecule has 0 fully saturated rings. The summed E-state index contributed by atoms with van der Waals surface area (Å²) in [6.45, 7) is 3.56. The fourth-order valence-corrected chi connectivity index (χ4v) is 4.25. The van der Waals surface area contributed by atoms with Gasteiger partial charge in [0.1, 0.15) is 12.1 Å². The molecule has 0 spiro atoms. The van der Waals surface area contributed by atoms with Gasteiger partial charge in [-0.3, -0.25) is 14.4 Å². The minimum absolute atomic E-state index is 0.0704. The Hall–Kier alpha value is -4.25. The zero-order chi connectivity index (χ0) is 30.1. The van der Waals surface area contributed by atoms with Gasteiger partial charge < -0.3 is 25.3 Å². The first-order chi connectivity index (χ1) is 20.1. The van der Waals surface area contributed by atoms with Crippen LogP contribution in [0.1, 0.15) is 24.6 Å². The fourth-order valence-electron chi connectivity index (χ4n) is 3.94. The molecule has 0 atom stereocenters. The van der Waals surface area contributed by atoms with E-state index in [-0.39, 0.29) is 18.7 Å². The van der Waals surface area contributed by atoms with Gasteiger partial charge in [-0.25, -0.2) is 23.3 Å². The highest BCUT2D eigenvalue weighted by atomic mass is 31.2. The van der Waals surface area contributed by atoms with E-state index >= 15 is 0 Å². The van der Waals surface area contributed by atoms with E-state index in [1.54, 1.807) is 6.07 Å². The Balaban J connectivity index is 1.34. The molecule has 15 heteroatoms. The number of rotatable bonds is 12. The summed E-state index contributed by atoms with van der Waals surface area (Å²) in [7, 11) is -4.48. The first-order valence-electron chi connectivity index (χ1n) is 12.8. The summed E-state index contributed by atoms with van der Waals surface area (Å²) in [5.74, 6) is 4.35. The largest absolute Gasteiger partial charge is 0.469 e. The SMILES string of the molecule is CCN(CCC#Cc1ccc2c(Nc3cc(CC(=O)Nc4cccc(F)c4F)[nH]n3)ncnc2c1)CCOP(=O)(O)O. The monoisotopic (exact) mass is 599 g/mol. The predicted octanol–water partition coefficient (Wildman–Crippen LogP) is 3.73. The summed E-state index contributed by atoms with van der Waals surface area (Å²) in [4.78, 5) is 40.5. The third-order valence-electron chi connectivity index (χ3n) is 5.99. The topological polar surface area (TPSA) is 166 Å². The number of anilines is 3. The lowest BCUT2D eigenvalue weighted by molar-refractivity contribution is -0.115. The molecule has 42 heavy (non-hydrogen) atoms. The number of halogens is 2. The maximum Gasteiger partial charge on any atom is 0.469 e. The van der Waals surface area contributed by atoms with Crippen LogP contribution in [0, 0.1) is 23.5 Å². The fraction of sp³-hybridized carbons (Fsp3) is 0.259. The number of carbonyl (C=O) groups excluding carboxylic acids is 1. The molecule has 0 saturated carbocycles. The molecule has 220 valence electrons. The van der Waals surface area contributed by atoms with Gasteiger partial charge in [0, 0.05) is 42.2 Å². The molecule has 0 radical (unpaired) electrons. The standard InChI is InChI=1S/C27H28F2N7O5P/c1-2-36(12-13-41-42(38,39)40)11-4-3-6-18-9-10-20-23(14-18)30-17-31-27(20)33-24-15-19(34-35-24)16-25(37)32-22-8-5-7-21(28)26(22)29/h5,7-10,14-15,17H,2,4,11-13,16H2,1H3,(H,32,37)(H2,38,39,40)(H2,30,31,33,34,35). The number of aromatic amines is 1. The van der Waals surface area contributed by atoms with Crippen molar-refractivity contribution in [1.82, 2.24) is 25.1 Å². The molecule has 5 N–H and O–H groups in total. The van der Waals surface area contributed by atoms with Crippen LogP contribution in [0.5, 0.6) is 0 Å². The number of nitrogens with zero attached hydrogens (tertiary/aromatic N) is 4. The first kappa shape index (κ1) is 30.7. The quantitative estimate of drug-likeness (QED) is 0.120. The Morgan fingerprint density at radius 1 is 1.17 bits per heavy atom. The summed E-state index contributed by atoms with van der Waals surface area (Å²) in [6, 6.07) is 10.6. The molecule has 0 aliphatic rings. The number of carbonyl (C=O) groups is 1. The highest BCUT2D eigenvalue weighted by molar-refractivity contribution is 7.46. The third kappa shape index (κ3) is 8.87. The minimum Gasteiger partial charge on any atom is -0.323 e. The van der Waals surface area contributed by atoms with Gasteiger partial charge in [-0.2, -0.15) is 5.10 Å². The van der Waals surface area contributed by atoms with E-state index in [0.29, 0.717) is 54.3 Å². The Kier molecular flexibility index (Phi) is 10.3. The van der Waals surface area contributed by atoms with E-state index in [1.165, 1.54) is 18.5 Å². The van der Waals surface area contributed by atoms with Crippen LogP contribution in [-0.4, -0.2) is 67.0 Å². The molecule has 0 bridgehead atoms. The number of amides is 1. The lowest BCUT2D eigenvalue weighted by atomic mass is 10.1. The number of hydrogen-bond donors (Lipinski definition) is 5. The van der Waals surface area contributed by atoms with Crippen LogP contribution < -0.4 is 10.6 Å². The molecule has 2 aromatic carbocycles. The number of benzene rings is 2. The van der Waals surface area contributed by atoms with Gasteiger partial charge in [0.25, 0.3) is 0 Å². The zero-order valence-corrected chi connectivity index (χ0v) is 23.4. The lowest BCUT2D eigenvalue weighted by Crippen LogP contribution is -2.28. The zero-order valence-electron chi connectivity index (χ0n) is 22.5. The third-order valence-corrected chi connectivity index (χ3v) is 6.51. The smallest absolute Gasteiger partial charge is 0.323 e. The summed E-state index contributed by atoms with van der Waals surface area (Å²) in [5.41, 5.74) is 1.60. The Morgan fingerprint density at radius 2 is 2.00 bits per heavy atom. The molecule has 0 unspecified atom stereocenters. The number of phosphoric acid groups is 1. The number of phosphoric ester groups is 1. The summed E-state index contributed by atoms with van der Waals surface area (Å²) in [5, 5.41) is 13.0. The van der Waals surface area contributed by atoms with E-state index < -0.39 is 25.4 Å². The average molecular weight is 600 g/mol. The number of likely N-dealkylation sites (N-methyl/N-ethyl adjacent to an activating group) is 1. The number of H-pyrrole nitrogens is 1. The van der Waals surface area contributed by atoms with Gasteiger partial charge in [0.15, 0.2) is 17.5 Å². The van der Waals surface area contributed by atoms with Crippen LogP contribution in [0.3, 0.4) is 0 Å². The Morgan fingerprint density at radius 3 is 2.79 bits per heavy atom. The van der Waals surface area contributed by atoms with Crippen molar-refractivity contribution >= 4 is 42.0 Å². The highest BCUT2D eigenvalue weighted by Gasteiger charge is 2.15. The molecule has 2 aromatic heterocycles. The average Bonchev–Trinajstić information content (AvgIpc) is 3.38. The molecule has 12 nitrogen and oxygen atoms in total. The van der Waals surface area contributed by atoms with Crippen LogP contribution in [-0.2, 0) is 20.3 Å². The summed E-state index contributed by atoms with van der Waals surface area (Å²) < 4.78 is 42.5. The first-order valence-corrected chi connectivity index (χ1v) is 14.4. The van der Waals surface area contributed by atoms with Crippen LogP contribution in [0.15, 0.2) is 48.8 Å². The van der Waals surface area contributed by atoms with Crippen molar-refractivity contribution < 1.29 is 32.5 Å². The molecular weight excluding hydrogens is 571 g/mol. The Labute approximate surface area is 239 Å². The normalized spacial score (nSPS) is 11.4. The van der Waals surface area contributed by atoms with Crippen molar-refractivity contribution in [2.24, 2.45) is 0 Å². The van der Waals surface area contributed by atoms with Gasteiger partial charge in [0.2, 0.25) is 5.91 Å². The molecular formula is C27H28F2N7O5P. The van der Waals surface area contributed by atoms with Gasteiger partial charge in [-0.05, 0) is 36.9 Å². The van der Waals surface area contributed by atoms with Crippen LogP contribution in [0.2, 0.25) is 0 Å². The summed E-state index contributed by atoms with van der Waals surface area (Å²) >= 11 is 0. The molecule has 1 amide bonds. The number of nitrogens with one attached hydrogen (secondary N) is 3. The van der Waals surface area contributed by atoms with E-state index in [4.69, 9.17) is 9.79 Å². The maximum atomic E-state index is 13.8. The van der Waals surface area contributed by atoms with Crippen molar-refractivity contribution in [3.63, 3.8) is 0 Å². The molecule has 4 aromatic rings. The molecule has 4 rings (SSSR count). The van der Waals surface area contributed by atoms with Crippen molar-refractivity contribution in [2.45, 2.75) is 19.8 Å². The molecule has 2 heterocycles. The minimum atomic E-state index is -4.48. The molecule has 0 aliphatic carbocycles. The van der Waals surface area contributed by atoms with Gasteiger partial charge in [0.05, 0.1) is 24.2 Å². The van der Waals surface area contributed by atoms with Gasteiger partial charge in [-0.15, -0.1) is 0 Å². The predicted molar refractivity (Wildman–Crippen MR) is 152 cm³/mol. The van der Waals surface area contributed by atoms with E-state index in [1.807, 2.05) is 30.0 Å². The van der Waals surface area contributed by atoms with E-state index in [0.717, 1.165) is 11.6 Å². The van der Waals surface area contributed by atoms with Crippen LogP contribution in [0.25, 0.3) is 10.9 Å². The Bertz CT molecular complexity index is 1670. The highest BCUT2D eigenvalue weighted by Crippen LogP contribution is 2.35. The van der Waals surface area contributed by atoms with Crippen LogP contribution in [0.4, 0.5) is 26.1 Å². The van der Waals surface area contributed by atoms with Gasteiger partial charge in [-0.1, -0.05) is 24.8 Å². The second-order valence-corrected chi connectivity index (χ2v) is 10.2. The van der Waals surface area contributed by atoms with E-state index in [9.17, 15) is 18.1 Å². The summed E-state index contributed by atoms with van der Waals surface area (Å²) in [6.07, 6.45) is 1.80. The van der Waals surface area contributed by atoms with Crippen molar-refractivity contribution in [2.75, 3.05) is 36.9 Å². The second kappa shape index (κ2) is 14.1. The van der Waals surface area contributed by atoms with Crippen molar-refractivity contribution in [1.29, 1.82) is 0 Å². The van der Waals surface area contributed by atoms with Crippen molar-refractivity contribution in [3.05, 3.63) is 71.7 Å². The van der Waals surface area contributed by atoms with Gasteiger partial charge >= 0.3 is 7.82 Å². The van der Waals surface area contributed by atoms with Crippen molar-refractivity contribution in [3.8, 4) is 11.8 Å². The van der Waals surface area contributed by atoms with E-state index in [2.05, 4.69) is 47.2 Å². The second-order valence-electron chi connectivity index (χ2n) is 8.99. The lowest BCUT2D eigenvalue weighted by Gasteiger charge is -2.18. The number of aromatic nitrogens is 4. The number of hydrogen-bond acceptors (Lipinski definition) is 8. The molecule has 0 saturated heterocycles. The molecule has 0 aliphatic heterocycles. The van der Waals surface area contributed by atoms with Crippen LogP contribution >= 0.6 is 7.82 Å².